The molecule has 1 aromatic rings. The van der Waals surface area contributed by atoms with E-state index >= 15 is 0 Å². The van der Waals surface area contributed by atoms with Crippen molar-refractivity contribution in [2.75, 3.05) is 26.2 Å². The Kier molecular flexibility index (Phi) is 4.50. The maximum atomic E-state index is 12.2. The van der Waals surface area contributed by atoms with Crippen LogP contribution in [0.1, 0.15) is 43.5 Å². The van der Waals surface area contributed by atoms with Crippen LogP contribution in [0.15, 0.2) is 12.4 Å². The number of aromatic nitrogens is 2. The smallest absolute Gasteiger partial charge is 0.312 e. The van der Waals surface area contributed by atoms with Crippen LogP contribution < -0.4 is 0 Å². The van der Waals surface area contributed by atoms with Crippen LogP contribution in [-0.4, -0.2) is 63.1 Å². The summed E-state index contributed by atoms with van der Waals surface area (Å²) in [6.45, 7) is 5.76. The zero-order valence-electron chi connectivity index (χ0n) is 15.0. The number of aryl methyl sites for hydroxylation is 1. The normalized spacial score (nSPS) is 31.3. The highest BCUT2D eigenvalue weighted by atomic mass is 16.4. The number of hydrogen-bond acceptors (Lipinski definition) is 5. The Hall–Kier alpha value is -1.53. The Labute approximate surface area is 149 Å². The topological polar surface area (TPSA) is 69.6 Å². The third-order valence-electron chi connectivity index (χ3n) is 6.44. The summed E-state index contributed by atoms with van der Waals surface area (Å²) in [5.41, 5.74) is 1.23. The van der Waals surface area contributed by atoms with Gasteiger partial charge in [-0.2, -0.15) is 0 Å². The highest BCUT2D eigenvalue weighted by Crippen LogP contribution is 2.45. The first kappa shape index (κ1) is 16.9. The number of carboxylic acid groups (broad SMARTS) is 1. The van der Waals surface area contributed by atoms with Crippen LogP contribution in [0.4, 0.5) is 0 Å². The second kappa shape index (κ2) is 6.65. The molecule has 1 aromatic heterocycles. The van der Waals surface area contributed by atoms with Gasteiger partial charge in [0.15, 0.2) is 0 Å². The first-order valence-corrected chi connectivity index (χ1v) is 9.54. The molecule has 6 heteroatoms. The number of fused-ring (bicyclic) bond motifs is 1. The predicted octanol–water partition coefficient (Wildman–Crippen LogP) is 1.94. The standard InChI is InChI=1S/C19H28N4O2/c1-14-7-21-16(8-20-14)11-22-9-15-10-23(17-5-3-2-4-6-17)13-19(15,12-22)18(24)25/h7-8,15,17H,2-6,9-13H2,1H3,(H,24,25)/t15-,19-/m0/s1. The third kappa shape index (κ3) is 3.17. The van der Waals surface area contributed by atoms with Gasteiger partial charge in [0.25, 0.3) is 0 Å². The van der Waals surface area contributed by atoms with Crippen molar-refractivity contribution in [1.82, 2.24) is 19.8 Å². The first-order chi connectivity index (χ1) is 12.1. The number of likely N-dealkylation sites (tertiary alicyclic amines) is 2. The fraction of sp³-hybridized carbons (Fsp3) is 0.737. The van der Waals surface area contributed by atoms with Crippen molar-refractivity contribution in [1.29, 1.82) is 0 Å². The number of hydrogen-bond donors (Lipinski definition) is 1. The molecule has 6 nitrogen and oxygen atoms in total. The predicted molar refractivity (Wildman–Crippen MR) is 94.1 cm³/mol. The Bertz CT molecular complexity index is 629. The molecule has 3 aliphatic rings. The van der Waals surface area contributed by atoms with E-state index in [1.54, 1.807) is 6.20 Å². The van der Waals surface area contributed by atoms with E-state index in [1.165, 1.54) is 32.1 Å². The highest BCUT2D eigenvalue weighted by Gasteiger charge is 2.58. The van der Waals surface area contributed by atoms with E-state index in [-0.39, 0.29) is 5.92 Å². The molecular weight excluding hydrogens is 316 g/mol. The van der Waals surface area contributed by atoms with E-state index in [4.69, 9.17) is 0 Å². The molecule has 4 rings (SSSR count). The van der Waals surface area contributed by atoms with E-state index < -0.39 is 11.4 Å². The summed E-state index contributed by atoms with van der Waals surface area (Å²) in [6, 6.07) is 0.604. The number of nitrogens with zero attached hydrogens (tertiary/aromatic N) is 4. The van der Waals surface area contributed by atoms with Gasteiger partial charge in [0.2, 0.25) is 0 Å². The van der Waals surface area contributed by atoms with E-state index in [0.29, 0.717) is 25.7 Å². The number of aliphatic carboxylic acids is 1. The van der Waals surface area contributed by atoms with Crippen LogP contribution in [0.5, 0.6) is 0 Å². The number of rotatable bonds is 4. The lowest BCUT2D eigenvalue weighted by molar-refractivity contribution is -0.149. The molecule has 0 amide bonds. The number of carboxylic acids is 1. The molecule has 2 atom stereocenters. The molecule has 136 valence electrons. The summed E-state index contributed by atoms with van der Waals surface area (Å²) in [5.74, 6) is -0.390. The van der Waals surface area contributed by atoms with Crippen LogP contribution in [0.25, 0.3) is 0 Å². The molecule has 1 N–H and O–H groups in total. The van der Waals surface area contributed by atoms with E-state index in [9.17, 15) is 9.90 Å². The fourth-order valence-electron chi connectivity index (χ4n) is 5.09. The second-order valence-corrected chi connectivity index (χ2v) is 8.20. The van der Waals surface area contributed by atoms with Gasteiger partial charge in [0.05, 0.1) is 16.8 Å². The Morgan fingerprint density at radius 2 is 2.00 bits per heavy atom. The van der Waals surface area contributed by atoms with Gasteiger partial charge in [-0.15, -0.1) is 0 Å². The van der Waals surface area contributed by atoms with Crippen molar-refractivity contribution in [2.45, 2.75) is 51.6 Å². The van der Waals surface area contributed by atoms with Gasteiger partial charge in [-0.05, 0) is 19.8 Å². The average Bonchev–Trinajstić information content (AvgIpc) is 3.13. The van der Waals surface area contributed by atoms with Crippen molar-refractivity contribution in [3.05, 3.63) is 23.8 Å². The maximum absolute atomic E-state index is 12.2. The van der Waals surface area contributed by atoms with Gasteiger partial charge >= 0.3 is 5.97 Å². The zero-order chi connectivity index (χ0) is 17.4. The highest BCUT2D eigenvalue weighted by molar-refractivity contribution is 5.77. The molecular formula is C19H28N4O2. The summed E-state index contributed by atoms with van der Waals surface area (Å²) in [6.07, 6.45) is 10.0. The van der Waals surface area contributed by atoms with Crippen LogP contribution in [0, 0.1) is 18.3 Å². The molecule has 3 heterocycles. The van der Waals surface area contributed by atoms with Crippen LogP contribution >= 0.6 is 0 Å². The van der Waals surface area contributed by atoms with E-state index in [2.05, 4.69) is 19.8 Å². The lowest BCUT2D eigenvalue weighted by Crippen LogP contribution is -2.43. The summed E-state index contributed by atoms with van der Waals surface area (Å²) in [5, 5.41) is 10.0. The summed E-state index contributed by atoms with van der Waals surface area (Å²) >= 11 is 0. The van der Waals surface area contributed by atoms with Gasteiger partial charge in [-0.25, -0.2) is 0 Å². The molecule has 0 aromatic carbocycles. The Morgan fingerprint density at radius 3 is 2.64 bits per heavy atom. The summed E-state index contributed by atoms with van der Waals surface area (Å²) in [4.78, 5) is 25.7. The lowest BCUT2D eigenvalue weighted by atomic mass is 9.81. The SMILES string of the molecule is Cc1cnc(CN2C[C@H]3CN(C4CCCCC4)C[C@@]3(C(=O)O)C2)cn1. The molecule has 0 radical (unpaired) electrons. The summed E-state index contributed by atoms with van der Waals surface area (Å²) < 4.78 is 0. The molecule has 1 aliphatic carbocycles. The molecule has 1 saturated carbocycles. The van der Waals surface area contributed by atoms with Crippen LogP contribution in [0.2, 0.25) is 0 Å². The largest absolute Gasteiger partial charge is 0.481 e. The zero-order valence-corrected chi connectivity index (χ0v) is 15.0. The fourth-order valence-corrected chi connectivity index (χ4v) is 5.09. The van der Waals surface area contributed by atoms with Gasteiger partial charge in [0, 0.05) is 57.1 Å². The van der Waals surface area contributed by atoms with E-state index in [0.717, 1.165) is 24.5 Å². The van der Waals surface area contributed by atoms with Crippen molar-refractivity contribution in [3.63, 3.8) is 0 Å². The van der Waals surface area contributed by atoms with Crippen LogP contribution in [0.3, 0.4) is 0 Å². The molecule has 3 fully saturated rings. The van der Waals surface area contributed by atoms with Gasteiger partial charge in [0.1, 0.15) is 0 Å². The van der Waals surface area contributed by atoms with E-state index in [1.807, 2.05) is 13.1 Å². The number of carbonyl (C=O) groups is 1. The van der Waals surface area contributed by atoms with Gasteiger partial charge in [-0.1, -0.05) is 19.3 Å². The molecule has 2 aliphatic heterocycles. The second-order valence-electron chi connectivity index (χ2n) is 8.20. The minimum atomic E-state index is -0.617. The average molecular weight is 344 g/mol. The summed E-state index contributed by atoms with van der Waals surface area (Å²) in [7, 11) is 0. The molecule has 25 heavy (non-hydrogen) atoms. The Morgan fingerprint density at radius 1 is 1.20 bits per heavy atom. The van der Waals surface area contributed by atoms with Crippen molar-refractivity contribution in [3.8, 4) is 0 Å². The molecule has 0 unspecified atom stereocenters. The van der Waals surface area contributed by atoms with Gasteiger partial charge in [-0.3, -0.25) is 24.6 Å². The van der Waals surface area contributed by atoms with Crippen LogP contribution in [-0.2, 0) is 11.3 Å². The molecule has 0 bridgehead atoms. The first-order valence-electron chi connectivity index (χ1n) is 9.54. The van der Waals surface area contributed by atoms with Crippen molar-refractivity contribution in [2.24, 2.45) is 11.3 Å². The maximum Gasteiger partial charge on any atom is 0.312 e. The Balaban J connectivity index is 1.45. The minimum absolute atomic E-state index is 0.227. The third-order valence-corrected chi connectivity index (χ3v) is 6.44. The van der Waals surface area contributed by atoms with Crippen molar-refractivity contribution >= 4 is 5.97 Å². The lowest BCUT2D eigenvalue weighted by Gasteiger charge is -2.33. The molecule has 2 saturated heterocycles. The van der Waals surface area contributed by atoms with Crippen molar-refractivity contribution < 1.29 is 9.90 Å². The minimum Gasteiger partial charge on any atom is -0.481 e. The van der Waals surface area contributed by atoms with Gasteiger partial charge < -0.3 is 5.11 Å². The quantitative estimate of drug-likeness (QED) is 0.900. The molecule has 0 spiro atoms. The monoisotopic (exact) mass is 344 g/mol.